The number of hydrogen-bond acceptors (Lipinski definition) is 10. The van der Waals surface area contributed by atoms with E-state index in [0.29, 0.717) is 25.7 Å². The number of hydrogen-bond donors (Lipinski definition) is 0. The van der Waals surface area contributed by atoms with E-state index in [1.807, 2.05) is 46.9 Å². The fraction of sp³-hybridized carbons (Fsp3) is 0.108. The third-order valence-electron chi connectivity index (χ3n) is 15.4. The summed E-state index contributed by atoms with van der Waals surface area (Å²) < 4.78 is 12.4. The van der Waals surface area contributed by atoms with Gasteiger partial charge >= 0.3 is 11.9 Å². The maximum Gasteiger partial charge on any atom is 0.305 e. The molecule has 10 aromatic carbocycles. The molecule has 0 unspecified atom stereocenters. The number of methoxy groups -OCH3 is 2. The number of thiophene rings is 2. The smallest absolute Gasteiger partial charge is 0.305 e. The minimum absolute atomic E-state index is 0.219. The fourth-order valence-electron chi connectivity index (χ4n) is 11.0. The number of ether oxygens (including phenoxy) is 2. The number of fused-ring (bicyclic) bond motifs is 2. The van der Waals surface area contributed by atoms with E-state index >= 15 is 0 Å². The van der Waals surface area contributed by atoms with Crippen molar-refractivity contribution in [2.24, 2.45) is 0 Å². The molecule has 0 fully saturated rings. The molecule has 2 aromatic heterocycles. The van der Waals surface area contributed by atoms with Crippen LogP contribution in [0.2, 0.25) is 0 Å². The molecule has 0 aliphatic carbocycles. The number of rotatable bonds is 19. The van der Waals surface area contributed by atoms with Crippen LogP contribution in [0.15, 0.2) is 255 Å². The molecule has 84 heavy (non-hydrogen) atoms. The minimum atomic E-state index is -0.219. The molecule has 12 rings (SSSR count). The summed E-state index contributed by atoms with van der Waals surface area (Å²) >= 11 is 3.70. The predicted octanol–water partition coefficient (Wildman–Crippen LogP) is 20.5. The lowest BCUT2D eigenvalue weighted by atomic mass is 10.0. The third kappa shape index (κ3) is 11.5. The molecule has 12 aromatic rings. The van der Waals surface area contributed by atoms with E-state index in [-0.39, 0.29) is 11.9 Å². The summed E-state index contributed by atoms with van der Waals surface area (Å²) in [6.45, 7) is 4.53. The van der Waals surface area contributed by atoms with Crippen molar-refractivity contribution in [1.82, 2.24) is 0 Å². The largest absolute Gasteiger partial charge is 0.469 e. The fourth-order valence-corrected chi connectivity index (χ4v) is 13.7. The average molecular weight is 1140 g/mol. The molecule has 10 heteroatoms. The maximum absolute atomic E-state index is 12.1. The van der Waals surface area contributed by atoms with Crippen molar-refractivity contribution in [3.8, 4) is 9.75 Å². The van der Waals surface area contributed by atoms with Crippen molar-refractivity contribution in [3.63, 3.8) is 0 Å². The van der Waals surface area contributed by atoms with E-state index in [1.54, 1.807) is 0 Å². The van der Waals surface area contributed by atoms with Gasteiger partial charge in [0.15, 0.2) is 0 Å². The number of para-hydroxylation sites is 4. The van der Waals surface area contributed by atoms with Crippen LogP contribution < -0.4 is 19.6 Å². The van der Waals surface area contributed by atoms with E-state index in [4.69, 9.17) is 9.47 Å². The standard InChI is InChI=1S/C74H62N4O4S2/c1-51-67-49-65(77(59-31-25-53(26-32-59)29-47-71(79)81-3)63-39-35-61(36-40-63)75(55-17-9-5-10-18-55)56-19-11-6-12-20-56)43-45-69(67)83-73(51)74-52(2)68-50-66(44-46-70(68)84-74)78(60-33-27-54(28-34-60)30-48-72(80)82-4)64-41-37-62(38-42-64)76(57-21-13-7-14-22-57)58-23-15-8-16-24-58/h5-28,31-46,49-50H,29-30,47-48H2,1-4H3. The number of aryl methyl sites for hydroxylation is 4. The van der Waals surface area contributed by atoms with Crippen LogP contribution in [0.5, 0.6) is 0 Å². The van der Waals surface area contributed by atoms with Gasteiger partial charge in [-0.15, -0.1) is 22.7 Å². The van der Waals surface area contributed by atoms with Gasteiger partial charge in [-0.2, -0.15) is 0 Å². The molecule has 0 spiro atoms. The lowest BCUT2D eigenvalue weighted by Crippen LogP contribution is -2.12. The van der Waals surface area contributed by atoms with Crippen molar-refractivity contribution >= 4 is 123 Å². The normalized spacial score (nSPS) is 11.1. The first kappa shape index (κ1) is 54.8. The zero-order valence-corrected chi connectivity index (χ0v) is 48.9. The highest BCUT2D eigenvalue weighted by Crippen LogP contribution is 2.49. The number of nitrogens with zero attached hydrogens (tertiary/aromatic N) is 4. The molecule has 0 bridgehead atoms. The predicted molar refractivity (Wildman–Crippen MR) is 352 cm³/mol. The lowest BCUT2D eigenvalue weighted by molar-refractivity contribution is -0.141. The molecular formula is C74H62N4O4S2. The second-order valence-corrected chi connectivity index (χ2v) is 22.8. The highest BCUT2D eigenvalue weighted by atomic mass is 32.1. The zero-order chi connectivity index (χ0) is 57.5. The summed E-state index contributed by atoms with van der Waals surface area (Å²) in [5, 5.41) is 2.42. The highest BCUT2D eigenvalue weighted by Gasteiger charge is 2.23. The van der Waals surface area contributed by atoms with Crippen LogP contribution in [-0.2, 0) is 31.9 Å². The summed E-state index contributed by atoms with van der Waals surface area (Å²) in [4.78, 5) is 36.0. The van der Waals surface area contributed by atoms with Crippen LogP contribution in [-0.4, -0.2) is 26.2 Å². The van der Waals surface area contributed by atoms with Crippen LogP contribution in [0, 0.1) is 13.8 Å². The van der Waals surface area contributed by atoms with Crippen molar-refractivity contribution < 1.29 is 19.1 Å². The Kier molecular flexibility index (Phi) is 16.2. The Hall–Kier alpha value is -9.74. The molecule has 0 atom stereocenters. The van der Waals surface area contributed by atoms with Gasteiger partial charge in [0.1, 0.15) is 0 Å². The molecule has 0 saturated carbocycles. The van der Waals surface area contributed by atoms with Gasteiger partial charge in [-0.25, -0.2) is 0 Å². The summed E-state index contributed by atoms with van der Waals surface area (Å²) in [7, 11) is 2.87. The van der Waals surface area contributed by atoms with Gasteiger partial charge in [0, 0.05) is 100 Å². The molecule has 8 nitrogen and oxygen atoms in total. The van der Waals surface area contributed by atoms with E-state index in [0.717, 1.165) is 79.4 Å². The van der Waals surface area contributed by atoms with Gasteiger partial charge < -0.3 is 29.1 Å². The SMILES string of the molecule is COC(=O)CCc1ccc(N(c2ccc(N(c3ccccc3)c3ccccc3)cc2)c2ccc3sc(-c4sc5ccc(N(c6ccc(CCC(=O)OC)cc6)c6ccc(N(c7ccccc7)c7ccccc7)cc6)cc5c4C)c(C)c3c2)cc1. The number of esters is 2. The minimum Gasteiger partial charge on any atom is -0.469 e. The highest BCUT2D eigenvalue weighted by molar-refractivity contribution is 7.28. The Bertz CT molecular complexity index is 3860. The first-order valence-corrected chi connectivity index (χ1v) is 29.8. The van der Waals surface area contributed by atoms with Crippen molar-refractivity contribution in [3.05, 3.63) is 277 Å². The second kappa shape index (κ2) is 24.8. The number of anilines is 12. The van der Waals surface area contributed by atoms with Crippen LogP contribution >= 0.6 is 22.7 Å². The number of carbonyl (C=O) groups excluding carboxylic acids is 2. The van der Waals surface area contributed by atoms with Crippen LogP contribution in [0.4, 0.5) is 68.2 Å². The third-order valence-corrected chi connectivity index (χ3v) is 18.1. The lowest BCUT2D eigenvalue weighted by Gasteiger charge is -2.28. The number of carbonyl (C=O) groups is 2. The average Bonchev–Trinajstić information content (AvgIpc) is 2.80. The summed E-state index contributed by atoms with van der Waals surface area (Å²) in [6.07, 6.45) is 1.85. The summed E-state index contributed by atoms with van der Waals surface area (Å²) in [5.74, 6) is -0.438. The Morgan fingerprint density at radius 1 is 0.321 bits per heavy atom. The molecule has 0 saturated heterocycles. The monoisotopic (exact) mass is 1130 g/mol. The first-order valence-electron chi connectivity index (χ1n) is 28.2. The first-order chi connectivity index (χ1) is 41.2. The van der Waals surface area contributed by atoms with Gasteiger partial charge in [-0.3, -0.25) is 9.59 Å². The van der Waals surface area contributed by atoms with Gasteiger partial charge in [0.05, 0.1) is 14.2 Å². The van der Waals surface area contributed by atoms with Gasteiger partial charge in [-0.05, 0) is 217 Å². The molecule has 414 valence electrons. The van der Waals surface area contributed by atoms with Crippen molar-refractivity contribution in [2.75, 3.05) is 33.8 Å². The van der Waals surface area contributed by atoms with Crippen LogP contribution in [0.25, 0.3) is 29.9 Å². The molecule has 2 heterocycles. The zero-order valence-electron chi connectivity index (χ0n) is 47.3. The molecule has 0 amide bonds. The summed E-state index contributed by atoms with van der Waals surface area (Å²) in [5.41, 5.74) is 17.2. The molecular weight excluding hydrogens is 1070 g/mol. The second-order valence-electron chi connectivity index (χ2n) is 20.7. The molecule has 0 N–H and O–H groups in total. The van der Waals surface area contributed by atoms with Crippen LogP contribution in [0.3, 0.4) is 0 Å². The van der Waals surface area contributed by atoms with E-state index in [1.165, 1.54) is 55.3 Å². The van der Waals surface area contributed by atoms with Gasteiger partial charge in [0.2, 0.25) is 0 Å². The topological polar surface area (TPSA) is 65.6 Å². The van der Waals surface area contributed by atoms with E-state index in [2.05, 4.69) is 264 Å². The van der Waals surface area contributed by atoms with Gasteiger partial charge in [-0.1, -0.05) is 97.1 Å². The molecule has 0 radical (unpaired) electrons. The molecule has 0 aliphatic rings. The van der Waals surface area contributed by atoms with Crippen molar-refractivity contribution in [2.45, 2.75) is 39.5 Å². The van der Waals surface area contributed by atoms with E-state index in [9.17, 15) is 9.59 Å². The summed E-state index contributed by atoms with van der Waals surface area (Å²) in [6, 6.07) is 90.2. The maximum atomic E-state index is 12.1. The Morgan fingerprint density at radius 3 is 0.833 bits per heavy atom. The molecule has 0 aliphatic heterocycles. The van der Waals surface area contributed by atoms with Crippen LogP contribution in [0.1, 0.15) is 35.1 Å². The Balaban J connectivity index is 0.902. The Morgan fingerprint density at radius 2 is 0.560 bits per heavy atom. The van der Waals surface area contributed by atoms with E-state index < -0.39 is 0 Å². The van der Waals surface area contributed by atoms with Gasteiger partial charge in [0.25, 0.3) is 0 Å². The van der Waals surface area contributed by atoms with Crippen molar-refractivity contribution in [1.29, 1.82) is 0 Å². The quantitative estimate of drug-likeness (QED) is 0.0742. The Labute approximate surface area is 499 Å². The number of benzene rings is 10.